The fourth-order valence-corrected chi connectivity index (χ4v) is 4.59. The van der Waals surface area contributed by atoms with Gasteiger partial charge in [-0.3, -0.25) is 4.79 Å². The van der Waals surface area contributed by atoms with E-state index in [0.717, 1.165) is 21.7 Å². The first-order chi connectivity index (χ1) is 15.1. The summed E-state index contributed by atoms with van der Waals surface area (Å²) in [5.74, 6) is -1.49. The van der Waals surface area contributed by atoms with Crippen molar-refractivity contribution < 1.29 is 27.5 Å². The Morgan fingerprint density at radius 2 is 1.81 bits per heavy atom. The number of fused-ring (bicyclic) bond motifs is 1. The van der Waals surface area contributed by atoms with E-state index >= 15 is 0 Å². The van der Waals surface area contributed by atoms with Crippen LogP contribution in [-0.4, -0.2) is 28.8 Å². The summed E-state index contributed by atoms with van der Waals surface area (Å²) in [5, 5.41) is 4.02. The molecule has 0 spiro atoms. The van der Waals surface area contributed by atoms with E-state index in [0.29, 0.717) is 27.0 Å². The molecule has 0 amide bonds. The van der Waals surface area contributed by atoms with Crippen molar-refractivity contribution in [2.24, 2.45) is 0 Å². The summed E-state index contributed by atoms with van der Waals surface area (Å²) < 4.78 is 46.9. The Morgan fingerprint density at radius 3 is 2.44 bits per heavy atom. The second-order valence-corrected chi connectivity index (χ2v) is 8.53. The van der Waals surface area contributed by atoms with Gasteiger partial charge in [-0.1, -0.05) is 29.8 Å². The number of thiophene rings is 1. The lowest BCUT2D eigenvalue weighted by Gasteiger charge is -2.13. The molecular weight excluding hydrogens is 465 g/mol. The molecule has 2 aromatic heterocycles. The van der Waals surface area contributed by atoms with E-state index in [-0.39, 0.29) is 5.02 Å². The number of nitrogens with zero attached hydrogens (tertiary/aromatic N) is 2. The van der Waals surface area contributed by atoms with E-state index in [1.54, 1.807) is 30.3 Å². The molecule has 4 aromatic rings. The number of methoxy groups -OCH3 is 1. The maximum absolute atomic E-state index is 13.5. The molecule has 0 aliphatic heterocycles. The Balaban J connectivity index is 1.88. The van der Waals surface area contributed by atoms with Crippen LogP contribution in [0.5, 0.6) is 0 Å². The Morgan fingerprint density at radius 1 is 1.12 bits per heavy atom. The van der Waals surface area contributed by atoms with Crippen molar-refractivity contribution in [3.63, 3.8) is 0 Å². The molecule has 10 heteroatoms. The van der Waals surface area contributed by atoms with Gasteiger partial charge in [0.15, 0.2) is 0 Å². The van der Waals surface area contributed by atoms with Gasteiger partial charge in [-0.25, -0.2) is 4.79 Å². The SMILES string of the molecule is COC(=O)c1ccc(-c2nn(C(=O)c3c(Cl)cccc3C(F)(F)F)c3cc(C)sc23)cc1. The summed E-state index contributed by atoms with van der Waals surface area (Å²) in [6.07, 6.45) is -4.76. The lowest BCUT2D eigenvalue weighted by Crippen LogP contribution is -2.20. The molecule has 0 N–H and O–H groups in total. The van der Waals surface area contributed by atoms with Crippen molar-refractivity contribution in [1.82, 2.24) is 9.78 Å². The Bertz CT molecular complexity index is 1360. The molecule has 5 nitrogen and oxygen atoms in total. The standard InChI is InChI=1S/C22H14ClF3N2O3S/c1-11-10-16-19(32-11)18(12-6-8-13(9-7-12)21(30)31-2)27-28(16)20(29)17-14(22(24,25)26)4-3-5-15(17)23/h3-10H,1-2H3. The van der Waals surface area contributed by atoms with Crippen LogP contribution < -0.4 is 0 Å². The number of aryl methyl sites for hydroxylation is 1. The second kappa shape index (κ2) is 8.07. The lowest BCUT2D eigenvalue weighted by molar-refractivity contribution is -0.137. The molecule has 0 radical (unpaired) electrons. The molecule has 4 rings (SSSR count). The zero-order valence-corrected chi connectivity index (χ0v) is 18.2. The van der Waals surface area contributed by atoms with Crippen molar-refractivity contribution in [2.45, 2.75) is 13.1 Å². The van der Waals surface area contributed by atoms with Gasteiger partial charge in [0, 0.05) is 10.4 Å². The fourth-order valence-electron chi connectivity index (χ4n) is 3.34. The number of rotatable bonds is 3. The van der Waals surface area contributed by atoms with Crippen LogP contribution in [0.15, 0.2) is 48.5 Å². The third kappa shape index (κ3) is 3.78. The summed E-state index contributed by atoms with van der Waals surface area (Å²) in [7, 11) is 1.27. The number of esters is 1. The molecule has 0 fully saturated rings. The monoisotopic (exact) mass is 478 g/mol. The van der Waals surface area contributed by atoms with Crippen LogP contribution in [-0.2, 0) is 10.9 Å². The van der Waals surface area contributed by atoms with E-state index in [1.807, 2.05) is 6.92 Å². The van der Waals surface area contributed by atoms with Gasteiger partial charge in [-0.15, -0.1) is 11.3 Å². The highest BCUT2D eigenvalue weighted by molar-refractivity contribution is 7.19. The van der Waals surface area contributed by atoms with Crippen LogP contribution in [0.4, 0.5) is 13.2 Å². The topological polar surface area (TPSA) is 61.2 Å². The van der Waals surface area contributed by atoms with Gasteiger partial charge in [0.05, 0.1) is 39.0 Å². The van der Waals surface area contributed by atoms with Crippen LogP contribution in [0.2, 0.25) is 5.02 Å². The number of hydrogen-bond acceptors (Lipinski definition) is 5. The molecule has 0 bridgehead atoms. The normalized spacial score (nSPS) is 11.7. The molecule has 164 valence electrons. The number of alkyl halides is 3. The Labute approximate surface area is 189 Å². The number of halogens is 4. The van der Waals surface area contributed by atoms with Gasteiger partial charge < -0.3 is 4.74 Å². The number of ether oxygens (including phenoxy) is 1. The minimum Gasteiger partial charge on any atom is -0.465 e. The van der Waals surface area contributed by atoms with Crippen LogP contribution in [0.3, 0.4) is 0 Å². The highest BCUT2D eigenvalue weighted by Gasteiger charge is 2.37. The molecule has 0 saturated heterocycles. The van der Waals surface area contributed by atoms with E-state index in [4.69, 9.17) is 11.6 Å². The number of hydrogen-bond donors (Lipinski definition) is 0. The number of aromatic nitrogens is 2. The zero-order chi connectivity index (χ0) is 23.2. The molecule has 0 aliphatic carbocycles. The van der Waals surface area contributed by atoms with Gasteiger partial charge in [0.1, 0.15) is 5.69 Å². The maximum Gasteiger partial charge on any atom is 0.417 e. The minimum absolute atomic E-state index is 0.315. The number of carbonyl (C=O) groups is 2. The quantitative estimate of drug-likeness (QED) is 0.328. The van der Waals surface area contributed by atoms with Crippen molar-refractivity contribution in [2.75, 3.05) is 7.11 Å². The summed E-state index contributed by atoms with van der Waals surface area (Å²) in [6, 6.07) is 11.2. The van der Waals surface area contributed by atoms with Gasteiger partial charge in [0.25, 0.3) is 5.91 Å². The van der Waals surface area contributed by atoms with Crippen LogP contribution in [0.25, 0.3) is 21.5 Å². The summed E-state index contributed by atoms with van der Waals surface area (Å²) in [4.78, 5) is 25.8. The fraction of sp³-hybridized carbons (Fsp3) is 0.136. The highest BCUT2D eigenvalue weighted by Crippen LogP contribution is 2.38. The van der Waals surface area contributed by atoms with E-state index < -0.39 is 29.2 Å². The van der Waals surface area contributed by atoms with Gasteiger partial charge in [-0.2, -0.15) is 23.0 Å². The second-order valence-electron chi connectivity index (χ2n) is 6.87. The van der Waals surface area contributed by atoms with Crippen molar-refractivity contribution in [3.8, 4) is 11.3 Å². The molecule has 2 aromatic carbocycles. The lowest BCUT2D eigenvalue weighted by atomic mass is 10.1. The van der Waals surface area contributed by atoms with Crippen molar-refractivity contribution in [3.05, 3.63) is 75.1 Å². The smallest absolute Gasteiger partial charge is 0.417 e. The highest BCUT2D eigenvalue weighted by atomic mass is 35.5. The summed E-state index contributed by atoms with van der Waals surface area (Å²) in [6.45, 7) is 1.82. The molecule has 0 saturated carbocycles. The molecular formula is C22H14ClF3N2O3S. The van der Waals surface area contributed by atoms with Crippen LogP contribution in [0.1, 0.15) is 31.2 Å². The molecule has 32 heavy (non-hydrogen) atoms. The Hall–Kier alpha value is -3.17. The van der Waals surface area contributed by atoms with Crippen LogP contribution in [0, 0.1) is 6.92 Å². The molecule has 0 atom stereocenters. The third-order valence-electron chi connectivity index (χ3n) is 4.78. The van der Waals surface area contributed by atoms with E-state index in [9.17, 15) is 22.8 Å². The predicted octanol–water partition coefficient (Wildman–Crippen LogP) is 6.22. The number of benzene rings is 2. The zero-order valence-electron chi connectivity index (χ0n) is 16.7. The van der Waals surface area contributed by atoms with Crippen LogP contribution >= 0.6 is 22.9 Å². The van der Waals surface area contributed by atoms with E-state index in [2.05, 4.69) is 9.84 Å². The third-order valence-corrected chi connectivity index (χ3v) is 6.15. The van der Waals surface area contributed by atoms with Gasteiger partial charge in [-0.05, 0) is 37.3 Å². The predicted molar refractivity (Wildman–Crippen MR) is 115 cm³/mol. The molecule has 2 heterocycles. The summed E-state index contributed by atoms with van der Waals surface area (Å²) in [5.41, 5.74) is -0.0966. The number of carbonyl (C=O) groups excluding carboxylic acids is 2. The first-order valence-corrected chi connectivity index (χ1v) is 10.4. The van der Waals surface area contributed by atoms with Gasteiger partial charge >= 0.3 is 12.1 Å². The summed E-state index contributed by atoms with van der Waals surface area (Å²) >= 11 is 7.37. The molecule has 0 aliphatic rings. The first kappa shape index (κ1) is 22.0. The maximum atomic E-state index is 13.5. The largest absolute Gasteiger partial charge is 0.465 e. The van der Waals surface area contributed by atoms with Crippen molar-refractivity contribution >= 4 is 45.0 Å². The first-order valence-electron chi connectivity index (χ1n) is 9.20. The minimum atomic E-state index is -4.76. The van der Waals surface area contributed by atoms with Gasteiger partial charge in [0.2, 0.25) is 0 Å². The van der Waals surface area contributed by atoms with Crippen molar-refractivity contribution in [1.29, 1.82) is 0 Å². The van der Waals surface area contributed by atoms with E-state index in [1.165, 1.54) is 24.5 Å². The molecule has 0 unspecified atom stereocenters. The Kier molecular flexibility index (Phi) is 5.56. The average molecular weight is 479 g/mol. The average Bonchev–Trinajstić information content (AvgIpc) is 3.29.